The third-order valence-corrected chi connectivity index (χ3v) is 2.73. The van der Waals surface area contributed by atoms with Crippen LogP contribution in [0.4, 0.5) is 0 Å². The first-order valence-electron chi connectivity index (χ1n) is 5.82. The van der Waals surface area contributed by atoms with Crippen LogP contribution in [0, 0.1) is 0 Å². The maximum absolute atomic E-state index is 9.73. The van der Waals surface area contributed by atoms with Gasteiger partial charge in [0, 0.05) is 31.4 Å². The summed E-state index contributed by atoms with van der Waals surface area (Å²) in [6, 6.07) is 7.35. The van der Waals surface area contributed by atoms with E-state index >= 15 is 0 Å². The third-order valence-electron chi connectivity index (χ3n) is 2.73. The number of hydrogen-bond acceptors (Lipinski definition) is 4. The Kier molecular flexibility index (Phi) is 5.97. The van der Waals surface area contributed by atoms with E-state index in [9.17, 15) is 5.11 Å². The van der Waals surface area contributed by atoms with Crippen molar-refractivity contribution in [2.75, 3.05) is 20.3 Å². The summed E-state index contributed by atoms with van der Waals surface area (Å²) in [7, 11) is 1.64. The average Bonchev–Trinajstić information content (AvgIpc) is 2.30. The van der Waals surface area contributed by atoms with Crippen LogP contribution in [0.25, 0.3) is 0 Å². The number of hydrogen-bond donors (Lipinski definition) is 3. The fraction of sp³-hybridized carbons (Fsp3) is 0.538. The van der Waals surface area contributed by atoms with Crippen molar-refractivity contribution in [1.82, 2.24) is 5.32 Å². The van der Waals surface area contributed by atoms with Gasteiger partial charge in [0.25, 0.3) is 0 Å². The Morgan fingerprint density at radius 2 is 2.06 bits per heavy atom. The van der Waals surface area contributed by atoms with Crippen molar-refractivity contribution in [2.45, 2.75) is 25.4 Å². The van der Waals surface area contributed by atoms with E-state index in [0.29, 0.717) is 13.0 Å². The molecule has 2 atom stereocenters. The monoisotopic (exact) mass is 239 g/mol. The second kappa shape index (κ2) is 7.27. The van der Waals surface area contributed by atoms with Gasteiger partial charge in [0.2, 0.25) is 0 Å². The Bertz CT molecular complexity index is 324. The molecule has 0 aliphatic carbocycles. The highest BCUT2D eigenvalue weighted by molar-refractivity contribution is 5.34. The van der Waals surface area contributed by atoms with Gasteiger partial charge >= 0.3 is 0 Å². The largest absolute Gasteiger partial charge is 0.508 e. The maximum atomic E-state index is 9.73. The van der Waals surface area contributed by atoms with E-state index < -0.39 is 0 Å². The predicted octanol–water partition coefficient (Wildman–Crippen LogP) is 1.44. The fourth-order valence-corrected chi connectivity index (χ4v) is 1.87. The fourth-order valence-electron chi connectivity index (χ4n) is 1.87. The number of phenols is 1. The van der Waals surface area contributed by atoms with Gasteiger partial charge in [-0.05, 0) is 19.4 Å². The lowest BCUT2D eigenvalue weighted by Gasteiger charge is -2.23. The molecule has 0 saturated heterocycles. The highest BCUT2D eigenvalue weighted by Crippen LogP contribution is 2.23. The zero-order valence-electron chi connectivity index (χ0n) is 10.4. The van der Waals surface area contributed by atoms with Crippen molar-refractivity contribution in [3.63, 3.8) is 0 Å². The quantitative estimate of drug-likeness (QED) is 0.674. The normalized spacial score (nSPS) is 14.5. The average molecular weight is 239 g/mol. The molecule has 96 valence electrons. The molecule has 2 unspecified atom stereocenters. The summed E-state index contributed by atoms with van der Waals surface area (Å²) in [6.45, 7) is 2.64. The van der Waals surface area contributed by atoms with Gasteiger partial charge in [0.1, 0.15) is 5.75 Å². The summed E-state index contributed by atoms with van der Waals surface area (Å²) in [6.07, 6.45) is 0.631. The Morgan fingerprint density at radius 3 is 2.65 bits per heavy atom. The highest BCUT2D eigenvalue weighted by atomic mass is 16.5. The number of aromatic hydroxyl groups is 1. The van der Waals surface area contributed by atoms with E-state index in [1.807, 2.05) is 19.1 Å². The van der Waals surface area contributed by atoms with Gasteiger partial charge in [-0.25, -0.2) is 0 Å². The summed E-state index contributed by atoms with van der Waals surface area (Å²) in [4.78, 5) is 0. The summed E-state index contributed by atoms with van der Waals surface area (Å²) < 4.78 is 5.09. The second-order valence-electron chi connectivity index (χ2n) is 4.11. The van der Waals surface area contributed by atoms with Crippen molar-refractivity contribution < 1.29 is 14.9 Å². The highest BCUT2D eigenvalue weighted by Gasteiger charge is 2.14. The minimum atomic E-state index is 0.0166. The number of ether oxygens (including phenoxy) is 1. The minimum absolute atomic E-state index is 0.0166. The molecule has 0 amide bonds. The molecule has 4 nitrogen and oxygen atoms in total. The van der Waals surface area contributed by atoms with E-state index in [1.54, 1.807) is 19.2 Å². The van der Waals surface area contributed by atoms with Crippen molar-refractivity contribution in [2.24, 2.45) is 0 Å². The second-order valence-corrected chi connectivity index (χ2v) is 4.11. The first-order valence-corrected chi connectivity index (χ1v) is 5.82. The molecular weight excluding hydrogens is 218 g/mol. The minimum Gasteiger partial charge on any atom is -0.508 e. The van der Waals surface area contributed by atoms with Crippen molar-refractivity contribution >= 4 is 0 Å². The molecule has 0 aromatic heterocycles. The molecular formula is C13H21NO3. The van der Waals surface area contributed by atoms with Gasteiger partial charge in [-0.1, -0.05) is 18.2 Å². The molecule has 4 heteroatoms. The van der Waals surface area contributed by atoms with Crippen LogP contribution in [0.5, 0.6) is 5.75 Å². The predicted molar refractivity (Wildman–Crippen MR) is 67.0 cm³/mol. The van der Waals surface area contributed by atoms with Gasteiger partial charge in [0.15, 0.2) is 0 Å². The topological polar surface area (TPSA) is 61.7 Å². The van der Waals surface area contributed by atoms with E-state index in [2.05, 4.69) is 5.32 Å². The maximum Gasteiger partial charge on any atom is 0.120 e. The number of para-hydroxylation sites is 1. The summed E-state index contributed by atoms with van der Waals surface area (Å²) in [5.41, 5.74) is 0.853. The van der Waals surface area contributed by atoms with Gasteiger partial charge in [-0.15, -0.1) is 0 Å². The number of methoxy groups -OCH3 is 1. The van der Waals surface area contributed by atoms with E-state index in [4.69, 9.17) is 9.84 Å². The number of rotatable bonds is 7. The number of nitrogens with one attached hydrogen (secondary N) is 1. The van der Waals surface area contributed by atoms with Crippen LogP contribution >= 0.6 is 0 Å². The first kappa shape index (κ1) is 14.0. The summed E-state index contributed by atoms with van der Waals surface area (Å²) >= 11 is 0. The van der Waals surface area contributed by atoms with Crippen LogP contribution in [-0.2, 0) is 4.74 Å². The number of benzene rings is 1. The molecule has 3 N–H and O–H groups in total. The molecule has 0 saturated carbocycles. The molecule has 1 aromatic carbocycles. The first-order chi connectivity index (χ1) is 8.19. The molecule has 0 fully saturated rings. The Balaban J connectivity index is 2.63. The van der Waals surface area contributed by atoms with E-state index in [-0.39, 0.29) is 24.4 Å². The third kappa shape index (κ3) is 4.34. The van der Waals surface area contributed by atoms with Crippen LogP contribution in [-0.4, -0.2) is 36.6 Å². The summed E-state index contributed by atoms with van der Waals surface area (Å²) in [5, 5.41) is 22.0. The number of phenolic OH excluding ortho intramolecular Hbond substituents is 1. The Labute approximate surface area is 102 Å². The van der Waals surface area contributed by atoms with Crippen molar-refractivity contribution in [3.05, 3.63) is 29.8 Å². The molecule has 0 aliphatic heterocycles. The molecule has 17 heavy (non-hydrogen) atoms. The lowest BCUT2D eigenvalue weighted by molar-refractivity contribution is 0.143. The van der Waals surface area contributed by atoms with Gasteiger partial charge in [-0.2, -0.15) is 0 Å². The zero-order chi connectivity index (χ0) is 12.7. The Hall–Kier alpha value is -1.10. The molecule has 1 aromatic rings. The van der Waals surface area contributed by atoms with Gasteiger partial charge < -0.3 is 20.3 Å². The SMILES string of the molecule is COCC(CCO)NC(C)c1ccccc1O. The van der Waals surface area contributed by atoms with Gasteiger partial charge in [-0.3, -0.25) is 0 Å². The van der Waals surface area contributed by atoms with E-state index in [1.165, 1.54) is 0 Å². The zero-order valence-corrected chi connectivity index (χ0v) is 10.4. The van der Waals surface area contributed by atoms with Crippen LogP contribution < -0.4 is 5.32 Å². The van der Waals surface area contributed by atoms with Crippen LogP contribution in [0.3, 0.4) is 0 Å². The van der Waals surface area contributed by atoms with Crippen LogP contribution in [0.1, 0.15) is 24.9 Å². The van der Waals surface area contributed by atoms with Crippen molar-refractivity contribution in [1.29, 1.82) is 0 Å². The number of aliphatic hydroxyl groups excluding tert-OH is 1. The molecule has 0 aliphatic rings. The molecule has 0 bridgehead atoms. The molecule has 0 radical (unpaired) electrons. The molecule has 0 heterocycles. The standard InChI is InChI=1S/C13H21NO3/c1-10(12-5-3-4-6-13(12)16)14-11(7-8-15)9-17-2/h3-6,10-11,14-16H,7-9H2,1-2H3. The van der Waals surface area contributed by atoms with Crippen molar-refractivity contribution in [3.8, 4) is 5.75 Å². The van der Waals surface area contributed by atoms with Crippen LogP contribution in [0.2, 0.25) is 0 Å². The lowest BCUT2D eigenvalue weighted by atomic mass is 10.1. The molecule has 0 spiro atoms. The van der Waals surface area contributed by atoms with Crippen LogP contribution in [0.15, 0.2) is 24.3 Å². The number of aliphatic hydroxyl groups is 1. The molecule has 1 rings (SSSR count). The van der Waals surface area contributed by atoms with E-state index in [0.717, 1.165) is 5.56 Å². The van der Waals surface area contributed by atoms with Gasteiger partial charge in [0.05, 0.1) is 6.61 Å². The lowest BCUT2D eigenvalue weighted by Crippen LogP contribution is -2.36. The smallest absolute Gasteiger partial charge is 0.120 e. The summed E-state index contributed by atoms with van der Waals surface area (Å²) in [5.74, 6) is 0.285. The Morgan fingerprint density at radius 1 is 1.35 bits per heavy atom.